The topological polar surface area (TPSA) is 128 Å². The number of nitrogens with one attached hydrogen (secondary N) is 2. The molecule has 0 spiro atoms. The minimum Gasteiger partial charge on any atom is -0.350 e. The number of H-pyrrole nitrogens is 1. The second-order valence-electron chi connectivity index (χ2n) is 7.86. The van der Waals surface area contributed by atoms with Gasteiger partial charge in [0.25, 0.3) is 5.91 Å². The largest absolute Gasteiger partial charge is 0.350 e. The van der Waals surface area contributed by atoms with Gasteiger partial charge in [0.05, 0.1) is 36.8 Å². The highest BCUT2D eigenvalue weighted by molar-refractivity contribution is 5.92. The molecule has 4 heterocycles. The van der Waals surface area contributed by atoms with Gasteiger partial charge in [0, 0.05) is 42.7 Å². The summed E-state index contributed by atoms with van der Waals surface area (Å²) in [6.45, 7) is 6.90. The highest BCUT2D eigenvalue weighted by atomic mass is 16.1. The molecule has 154 valence electrons. The van der Waals surface area contributed by atoms with Crippen molar-refractivity contribution in [2.24, 2.45) is 0 Å². The number of aromatic nitrogens is 6. The Labute approximate surface area is 173 Å². The van der Waals surface area contributed by atoms with Crippen molar-refractivity contribution in [1.29, 1.82) is 5.26 Å². The summed E-state index contributed by atoms with van der Waals surface area (Å²) in [6, 6.07) is 2.32. The molecule has 10 heteroatoms. The maximum Gasteiger partial charge on any atom is 0.271 e. The van der Waals surface area contributed by atoms with E-state index in [0.717, 1.165) is 16.8 Å². The Morgan fingerprint density at radius 3 is 2.73 bits per heavy atom. The predicted molar refractivity (Wildman–Crippen MR) is 110 cm³/mol. The third-order valence-electron chi connectivity index (χ3n) is 5.19. The van der Waals surface area contributed by atoms with E-state index < -0.39 is 5.54 Å². The van der Waals surface area contributed by atoms with Gasteiger partial charge in [0.15, 0.2) is 0 Å². The van der Waals surface area contributed by atoms with Crippen LogP contribution >= 0.6 is 0 Å². The van der Waals surface area contributed by atoms with Crippen molar-refractivity contribution in [3.05, 3.63) is 42.4 Å². The number of hydrogen-bond donors (Lipinski definition) is 2. The lowest BCUT2D eigenvalue weighted by Gasteiger charge is -2.49. The Kier molecular flexibility index (Phi) is 4.95. The lowest BCUT2D eigenvalue weighted by Crippen LogP contribution is -2.63. The van der Waals surface area contributed by atoms with Gasteiger partial charge in [-0.1, -0.05) is 0 Å². The van der Waals surface area contributed by atoms with Crippen molar-refractivity contribution < 1.29 is 4.79 Å². The summed E-state index contributed by atoms with van der Waals surface area (Å²) >= 11 is 0. The highest BCUT2D eigenvalue weighted by Crippen LogP contribution is 2.36. The van der Waals surface area contributed by atoms with Crippen LogP contribution in [-0.4, -0.2) is 55.0 Å². The molecular weight excluding hydrogens is 382 g/mol. The Morgan fingerprint density at radius 1 is 1.33 bits per heavy atom. The minimum atomic E-state index is -0.434. The Morgan fingerprint density at radius 2 is 2.13 bits per heavy atom. The molecule has 0 aromatic carbocycles. The van der Waals surface area contributed by atoms with Crippen molar-refractivity contribution in [2.45, 2.75) is 38.8 Å². The first-order chi connectivity index (χ1) is 14.4. The molecule has 0 bridgehead atoms. The fourth-order valence-electron chi connectivity index (χ4n) is 3.63. The second-order valence-corrected chi connectivity index (χ2v) is 7.86. The SMILES string of the molecule is Cc1nn(C2(CC#N)CN(c3cnc(C(=O)NC(C)C)cn3)C2)cc1-c1cn[nH]c1. The summed E-state index contributed by atoms with van der Waals surface area (Å²) in [5.74, 6) is 0.425. The molecule has 1 amide bonds. The molecular formula is C20H23N9O. The van der Waals surface area contributed by atoms with Gasteiger partial charge in [0.2, 0.25) is 0 Å². The minimum absolute atomic E-state index is 0.0328. The number of aromatic amines is 1. The fraction of sp³-hybridized carbons (Fsp3) is 0.400. The molecule has 3 aromatic heterocycles. The van der Waals surface area contributed by atoms with Gasteiger partial charge >= 0.3 is 0 Å². The van der Waals surface area contributed by atoms with E-state index in [9.17, 15) is 10.1 Å². The van der Waals surface area contributed by atoms with Crippen molar-refractivity contribution in [3.8, 4) is 17.2 Å². The van der Waals surface area contributed by atoms with Gasteiger partial charge in [-0.25, -0.2) is 9.97 Å². The zero-order chi connectivity index (χ0) is 21.3. The maximum atomic E-state index is 12.0. The van der Waals surface area contributed by atoms with Crippen LogP contribution in [0.4, 0.5) is 5.82 Å². The molecule has 0 atom stereocenters. The van der Waals surface area contributed by atoms with Gasteiger partial charge in [-0.15, -0.1) is 0 Å². The average Bonchev–Trinajstić information content (AvgIpc) is 3.33. The van der Waals surface area contributed by atoms with E-state index in [1.54, 1.807) is 12.4 Å². The number of hydrogen-bond acceptors (Lipinski definition) is 7. The molecule has 10 nitrogen and oxygen atoms in total. The number of anilines is 1. The van der Waals surface area contributed by atoms with E-state index in [1.807, 2.05) is 42.7 Å². The number of aryl methyl sites for hydroxylation is 1. The quantitative estimate of drug-likeness (QED) is 0.638. The summed E-state index contributed by atoms with van der Waals surface area (Å²) < 4.78 is 1.89. The number of carbonyl (C=O) groups excluding carboxylic acids is 1. The van der Waals surface area contributed by atoms with Gasteiger partial charge in [-0.05, 0) is 20.8 Å². The van der Waals surface area contributed by atoms with E-state index in [-0.39, 0.29) is 17.6 Å². The van der Waals surface area contributed by atoms with Crippen LogP contribution in [0.2, 0.25) is 0 Å². The Hall–Kier alpha value is -3.74. The molecule has 1 fully saturated rings. The molecule has 0 saturated carbocycles. The number of amides is 1. The number of nitriles is 1. The second kappa shape index (κ2) is 7.59. The summed E-state index contributed by atoms with van der Waals surface area (Å²) in [7, 11) is 0. The Bertz CT molecular complexity index is 1070. The van der Waals surface area contributed by atoms with Crippen LogP contribution in [0, 0.1) is 18.3 Å². The summed E-state index contributed by atoms with van der Waals surface area (Å²) in [6.07, 6.45) is 8.96. The zero-order valence-corrected chi connectivity index (χ0v) is 17.1. The van der Waals surface area contributed by atoms with Crippen LogP contribution in [-0.2, 0) is 5.54 Å². The molecule has 1 aliphatic rings. The van der Waals surface area contributed by atoms with E-state index in [2.05, 4.69) is 36.7 Å². The maximum absolute atomic E-state index is 12.0. The number of carbonyl (C=O) groups is 1. The summed E-state index contributed by atoms with van der Waals surface area (Å²) in [5, 5.41) is 23.7. The smallest absolute Gasteiger partial charge is 0.271 e. The van der Waals surface area contributed by atoms with E-state index in [4.69, 9.17) is 0 Å². The third kappa shape index (κ3) is 3.50. The molecule has 1 saturated heterocycles. The van der Waals surface area contributed by atoms with Crippen LogP contribution in [0.15, 0.2) is 31.0 Å². The molecule has 4 rings (SSSR count). The molecule has 30 heavy (non-hydrogen) atoms. The molecule has 0 radical (unpaired) electrons. The average molecular weight is 405 g/mol. The predicted octanol–water partition coefficient (Wildman–Crippen LogP) is 1.64. The van der Waals surface area contributed by atoms with Crippen molar-refractivity contribution in [3.63, 3.8) is 0 Å². The van der Waals surface area contributed by atoms with Crippen LogP contribution in [0.3, 0.4) is 0 Å². The van der Waals surface area contributed by atoms with Gasteiger partial charge in [0.1, 0.15) is 17.1 Å². The van der Waals surface area contributed by atoms with Gasteiger partial charge in [-0.3, -0.25) is 14.6 Å². The van der Waals surface area contributed by atoms with E-state index in [1.165, 1.54) is 6.20 Å². The number of rotatable bonds is 6. The first-order valence-electron chi connectivity index (χ1n) is 9.72. The highest BCUT2D eigenvalue weighted by Gasteiger charge is 2.46. The standard InChI is InChI=1S/C20H23N9O/c1-13(2)26-19(30)17-8-23-18(9-22-17)28-11-20(12-28,4-5-21)29-10-16(14(3)27-29)15-6-24-25-7-15/h6-10,13H,4,11-12H2,1-3H3,(H,24,25)(H,26,30). The monoisotopic (exact) mass is 405 g/mol. The zero-order valence-electron chi connectivity index (χ0n) is 17.1. The molecule has 1 aliphatic heterocycles. The van der Waals surface area contributed by atoms with Crippen LogP contribution in [0.1, 0.15) is 36.5 Å². The molecule has 2 N–H and O–H groups in total. The van der Waals surface area contributed by atoms with Gasteiger partial charge in [-0.2, -0.15) is 15.5 Å². The Balaban J connectivity index is 1.52. The summed E-state index contributed by atoms with van der Waals surface area (Å²) in [5.41, 5.74) is 2.68. The first-order valence-corrected chi connectivity index (χ1v) is 9.72. The van der Waals surface area contributed by atoms with E-state index >= 15 is 0 Å². The first kappa shape index (κ1) is 19.6. The van der Waals surface area contributed by atoms with Crippen LogP contribution in [0.25, 0.3) is 11.1 Å². The van der Waals surface area contributed by atoms with Gasteiger partial charge < -0.3 is 10.2 Å². The van der Waals surface area contributed by atoms with Crippen molar-refractivity contribution >= 4 is 11.7 Å². The van der Waals surface area contributed by atoms with E-state index in [0.29, 0.717) is 25.3 Å². The lowest BCUT2D eigenvalue weighted by molar-refractivity contribution is 0.0937. The van der Waals surface area contributed by atoms with Crippen molar-refractivity contribution in [2.75, 3.05) is 18.0 Å². The molecule has 0 aliphatic carbocycles. The lowest BCUT2D eigenvalue weighted by atomic mass is 9.87. The summed E-state index contributed by atoms with van der Waals surface area (Å²) in [4.78, 5) is 22.7. The van der Waals surface area contributed by atoms with Crippen molar-refractivity contribution in [1.82, 2.24) is 35.3 Å². The van der Waals surface area contributed by atoms with Crippen LogP contribution in [0.5, 0.6) is 0 Å². The third-order valence-corrected chi connectivity index (χ3v) is 5.19. The normalized spacial score (nSPS) is 15.0. The fourth-order valence-corrected chi connectivity index (χ4v) is 3.63. The number of nitrogens with zero attached hydrogens (tertiary/aromatic N) is 7. The molecule has 3 aromatic rings. The molecule has 0 unspecified atom stereocenters. The van der Waals surface area contributed by atoms with Crippen LogP contribution < -0.4 is 10.2 Å².